The lowest BCUT2D eigenvalue weighted by Gasteiger charge is -2.22. The monoisotopic (exact) mass is 327 g/mol. The molecular weight excluding hydrogens is 314 g/mol. The normalized spacial score (nSPS) is 19.5. The summed E-state index contributed by atoms with van der Waals surface area (Å²) < 4.78 is 0. The number of rotatable bonds is 2. The quantitative estimate of drug-likeness (QED) is 0.796. The Balaban J connectivity index is 1.57. The molecule has 0 radical (unpaired) electrons. The van der Waals surface area contributed by atoms with Crippen LogP contribution in [0.1, 0.15) is 49.9 Å². The van der Waals surface area contributed by atoms with Crippen LogP contribution in [0, 0.1) is 0 Å². The highest BCUT2D eigenvalue weighted by atomic mass is 32.1. The maximum absolute atomic E-state index is 12.5. The first-order chi connectivity index (χ1) is 11.2. The predicted octanol–water partition coefficient (Wildman–Crippen LogP) is 2.92. The van der Waals surface area contributed by atoms with Crippen molar-refractivity contribution in [2.75, 3.05) is 0 Å². The number of imide groups is 1. The zero-order valence-electron chi connectivity index (χ0n) is 12.2. The average Bonchev–Trinajstić information content (AvgIpc) is 3.14. The molecule has 0 saturated carbocycles. The smallest absolute Gasteiger partial charge is 0.329 e. The van der Waals surface area contributed by atoms with Gasteiger partial charge in [0.1, 0.15) is 0 Å². The van der Waals surface area contributed by atoms with Crippen LogP contribution >= 0.6 is 11.3 Å². The fraction of sp³-hybridized carbons (Fsp3) is 0.235. The first-order valence-corrected chi connectivity index (χ1v) is 8.30. The average molecular weight is 327 g/mol. The highest BCUT2D eigenvalue weighted by Crippen LogP contribution is 2.36. The fourth-order valence-corrected chi connectivity index (χ4v) is 4.12. The van der Waals surface area contributed by atoms with Gasteiger partial charge in [0.2, 0.25) is 0 Å². The number of amides is 2. The van der Waals surface area contributed by atoms with Gasteiger partial charge in [0.05, 0.1) is 17.0 Å². The Bertz CT molecular complexity index is 791. The maximum atomic E-state index is 12.5. The Morgan fingerprint density at radius 3 is 2.52 bits per heavy atom. The van der Waals surface area contributed by atoms with Gasteiger partial charge in [-0.25, -0.2) is 4.79 Å². The van der Waals surface area contributed by atoms with E-state index in [1.165, 1.54) is 4.88 Å². The summed E-state index contributed by atoms with van der Waals surface area (Å²) in [5.74, 6) is -2.12. The Hall–Kier alpha value is -2.47. The third-order valence-electron chi connectivity index (χ3n) is 4.27. The molecule has 1 unspecified atom stereocenters. The number of thiophene rings is 1. The predicted molar refractivity (Wildman–Crippen MR) is 83.0 cm³/mol. The van der Waals surface area contributed by atoms with Crippen molar-refractivity contribution in [2.45, 2.75) is 25.2 Å². The van der Waals surface area contributed by atoms with Crippen LogP contribution in [0.2, 0.25) is 0 Å². The zero-order chi connectivity index (χ0) is 16.0. The Morgan fingerprint density at radius 2 is 1.83 bits per heavy atom. The summed E-state index contributed by atoms with van der Waals surface area (Å²) in [7, 11) is 0. The largest absolute Gasteiger partial charge is 0.340 e. The molecule has 116 valence electrons. The minimum Gasteiger partial charge on any atom is -0.329 e. The molecule has 6 heteroatoms. The highest BCUT2D eigenvalue weighted by molar-refractivity contribution is 7.10. The molecule has 23 heavy (non-hydrogen) atoms. The van der Waals surface area contributed by atoms with Crippen LogP contribution in [0.25, 0.3) is 0 Å². The van der Waals surface area contributed by atoms with Crippen LogP contribution in [0.3, 0.4) is 0 Å². The molecule has 0 fully saturated rings. The molecule has 5 nitrogen and oxygen atoms in total. The molecule has 2 aliphatic rings. The number of nitrogens with zero attached hydrogens (tertiary/aromatic N) is 1. The summed E-state index contributed by atoms with van der Waals surface area (Å²) in [5.41, 5.74) is 1.50. The van der Waals surface area contributed by atoms with Gasteiger partial charge < -0.3 is 4.84 Å². The first-order valence-electron chi connectivity index (χ1n) is 7.42. The Labute approximate surface area is 136 Å². The van der Waals surface area contributed by atoms with Gasteiger partial charge in [-0.3, -0.25) is 9.59 Å². The number of hydrogen-bond donors (Lipinski definition) is 0. The molecule has 2 aromatic rings. The second-order valence-electron chi connectivity index (χ2n) is 5.60. The van der Waals surface area contributed by atoms with Crippen molar-refractivity contribution in [3.05, 3.63) is 57.3 Å². The summed E-state index contributed by atoms with van der Waals surface area (Å²) in [5, 5.41) is 2.55. The van der Waals surface area contributed by atoms with Gasteiger partial charge in [0.15, 0.2) is 0 Å². The van der Waals surface area contributed by atoms with Crippen molar-refractivity contribution < 1.29 is 19.2 Å². The summed E-state index contributed by atoms with van der Waals surface area (Å²) >= 11 is 1.62. The number of carbonyl (C=O) groups excluding carboxylic acids is 3. The molecule has 2 heterocycles. The third kappa shape index (κ3) is 2.17. The van der Waals surface area contributed by atoms with E-state index >= 15 is 0 Å². The van der Waals surface area contributed by atoms with Crippen molar-refractivity contribution in [2.24, 2.45) is 0 Å². The number of benzene rings is 1. The SMILES string of the molecule is O=C(ON1C(=O)c2ccccc2C1=O)C1CCCc2sccc21. The minimum atomic E-state index is -0.583. The molecule has 0 N–H and O–H groups in total. The second-order valence-corrected chi connectivity index (χ2v) is 6.61. The molecule has 1 aromatic heterocycles. The van der Waals surface area contributed by atoms with E-state index in [2.05, 4.69) is 0 Å². The van der Waals surface area contributed by atoms with Crippen molar-refractivity contribution in [1.82, 2.24) is 5.06 Å². The van der Waals surface area contributed by atoms with E-state index in [1.54, 1.807) is 35.6 Å². The number of hydroxylamine groups is 2. The van der Waals surface area contributed by atoms with Gasteiger partial charge in [-0.2, -0.15) is 0 Å². The zero-order valence-corrected chi connectivity index (χ0v) is 13.0. The van der Waals surface area contributed by atoms with Crippen LogP contribution in [-0.2, 0) is 16.1 Å². The standard InChI is InChI=1S/C17H13NO4S/c19-15-11-4-1-2-5-12(11)16(20)18(15)22-17(21)13-6-3-7-14-10(13)8-9-23-14/h1-2,4-5,8-9,13H,3,6-7H2. The minimum absolute atomic E-state index is 0.269. The van der Waals surface area contributed by atoms with Gasteiger partial charge in [-0.1, -0.05) is 17.2 Å². The topological polar surface area (TPSA) is 63.7 Å². The molecule has 1 aliphatic heterocycles. The molecule has 0 spiro atoms. The Kier molecular flexibility index (Phi) is 3.27. The Morgan fingerprint density at radius 1 is 1.13 bits per heavy atom. The molecule has 4 rings (SSSR count). The van der Waals surface area contributed by atoms with E-state index in [0.29, 0.717) is 11.5 Å². The van der Waals surface area contributed by atoms with E-state index in [4.69, 9.17) is 4.84 Å². The third-order valence-corrected chi connectivity index (χ3v) is 5.27. The van der Waals surface area contributed by atoms with Crippen molar-refractivity contribution >= 4 is 29.1 Å². The van der Waals surface area contributed by atoms with E-state index < -0.39 is 23.7 Å². The van der Waals surface area contributed by atoms with Gasteiger partial charge in [-0.15, -0.1) is 11.3 Å². The van der Waals surface area contributed by atoms with E-state index in [0.717, 1.165) is 18.4 Å². The van der Waals surface area contributed by atoms with Crippen molar-refractivity contribution in [3.63, 3.8) is 0 Å². The van der Waals surface area contributed by atoms with Crippen LogP contribution in [-0.4, -0.2) is 22.8 Å². The van der Waals surface area contributed by atoms with E-state index in [9.17, 15) is 14.4 Å². The molecule has 0 saturated heterocycles. The van der Waals surface area contributed by atoms with Gasteiger partial charge in [-0.05, 0) is 48.4 Å². The van der Waals surface area contributed by atoms with Crippen LogP contribution in [0.5, 0.6) is 0 Å². The first kappa shape index (κ1) is 14.1. The lowest BCUT2D eigenvalue weighted by Crippen LogP contribution is -2.35. The molecule has 0 bridgehead atoms. The highest BCUT2D eigenvalue weighted by Gasteiger charge is 2.40. The number of aryl methyl sites for hydroxylation is 1. The molecule has 2 amide bonds. The van der Waals surface area contributed by atoms with Crippen LogP contribution < -0.4 is 0 Å². The molecular formula is C17H13NO4S. The summed E-state index contributed by atoms with van der Waals surface area (Å²) in [6.45, 7) is 0. The van der Waals surface area contributed by atoms with Crippen molar-refractivity contribution in [3.8, 4) is 0 Å². The van der Waals surface area contributed by atoms with Gasteiger partial charge in [0.25, 0.3) is 11.8 Å². The second kappa shape index (κ2) is 5.31. The lowest BCUT2D eigenvalue weighted by atomic mass is 9.88. The fourth-order valence-electron chi connectivity index (χ4n) is 3.13. The number of carbonyl (C=O) groups is 3. The molecule has 1 aliphatic carbocycles. The van der Waals surface area contributed by atoms with E-state index in [-0.39, 0.29) is 11.1 Å². The van der Waals surface area contributed by atoms with Gasteiger partial charge >= 0.3 is 5.97 Å². The van der Waals surface area contributed by atoms with Crippen LogP contribution in [0.4, 0.5) is 0 Å². The summed E-state index contributed by atoms with van der Waals surface area (Å²) in [6, 6.07) is 8.39. The number of hydrogen-bond acceptors (Lipinski definition) is 5. The van der Waals surface area contributed by atoms with Crippen molar-refractivity contribution in [1.29, 1.82) is 0 Å². The lowest BCUT2D eigenvalue weighted by molar-refractivity contribution is -0.170. The maximum Gasteiger partial charge on any atom is 0.340 e. The number of fused-ring (bicyclic) bond motifs is 2. The summed E-state index contributed by atoms with van der Waals surface area (Å²) in [6.07, 6.45) is 2.53. The van der Waals surface area contributed by atoms with Crippen LogP contribution in [0.15, 0.2) is 35.7 Å². The molecule has 1 atom stereocenters. The summed E-state index contributed by atoms with van der Waals surface area (Å²) in [4.78, 5) is 43.4. The van der Waals surface area contributed by atoms with E-state index in [1.807, 2.05) is 11.4 Å². The molecule has 1 aromatic carbocycles. The van der Waals surface area contributed by atoms with Gasteiger partial charge in [0, 0.05) is 4.88 Å².